The molecule has 1 saturated heterocycles. The summed E-state index contributed by atoms with van der Waals surface area (Å²) in [7, 11) is 0. The maximum Gasteiger partial charge on any atom is 0.0631 e. The molecule has 25 heavy (non-hydrogen) atoms. The number of halogens is 1. The van der Waals surface area contributed by atoms with Gasteiger partial charge in [0.2, 0.25) is 0 Å². The van der Waals surface area contributed by atoms with Crippen molar-refractivity contribution in [2.24, 2.45) is 5.41 Å². The number of thiophene rings is 1. The van der Waals surface area contributed by atoms with Gasteiger partial charge in [-0.1, -0.05) is 35.9 Å². The van der Waals surface area contributed by atoms with Crippen LogP contribution in [0.5, 0.6) is 0 Å². The first kappa shape index (κ1) is 18.9. The third-order valence-electron chi connectivity index (χ3n) is 5.16. The van der Waals surface area contributed by atoms with E-state index in [1.807, 2.05) is 23.5 Å². The second-order valence-electron chi connectivity index (χ2n) is 7.81. The molecule has 1 aliphatic heterocycles. The third-order valence-corrected chi connectivity index (χ3v) is 6.41. The molecule has 1 fully saturated rings. The molecule has 0 spiro atoms. The summed E-state index contributed by atoms with van der Waals surface area (Å²) in [5, 5.41) is 6.65. The van der Waals surface area contributed by atoms with E-state index in [4.69, 9.17) is 16.3 Å². The Kier molecular flexibility index (Phi) is 6.21. The van der Waals surface area contributed by atoms with E-state index in [1.165, 1.54) is 10.4 Å². The summed E-state index contributed by atoms with van der Waals surface area (Å²) in [4.78, 5) is 1.40. The summed E-state index contributed by atoms with van der Waals surface area (Å²) in [5.74, 6) is 0. The molecule has 2 aromatic rings. The van der Waals surface area contributed by atoms with Gasteiger partial charge < -0.3 is 10.1 Å². The smallest absolute Gasteiger partial charge is 0.0631 e. The molecule has 4 heteroatoms. The van der Waals surface area contributed by atoms with Gasteiger partial charge in [0.1, 0.15) is 0 Å². The van der Waals surface area contributed by atoms with Crippen molar-refractivity contribution in [3.63, 3.8) is 0 Å². The lowest BCUT2D eigenvalue weighted by Crippen LogP contribution is -2.43. The fourth-order valence-corrected chi connectivity index (χ4v) is 4.94. The molecule has 136 valence electrons. The zero-order valence-electron chi connectivity index (χ0n) is 15.2. The lowest BCUT2D eigenvalue weighted by molar-refractivity contribution is -0.107. The van der Waals surface area contributed by atoms with Gasteiger partial charge >= 0.3 is 0 Å². The average molecular weight is 378 g/mol. The van der Waals surface area contributed by atoms with Gasteiger partial charge in [-0.05, 0) is 74.6 Å². The SMILES string of the molecule is CC1(C)CC(CCNCc2cccs2)(Cc2ccccc2Cl)CCO1. The van der Waals surface area contributed by atoms with Crippen LogP contribution in [0.2, 0.25) is 5.02 Å². The molecule has 1 aromatic carbocycles. The Bertz CT molecular complexity index is 670. The van der Waals surface area contributed by atoms with Gasteiger partial charge in [0, 0.05) is 23.1 Å². The normalized spacial score (nSPS) is 22.8. The number of rotatable bonds is 7. The van der Waals surface area contributed by atoms with E-state index in [0.29, 0.717) is 0 Å². The Balaban J connectivity index is 1.67. The van der Waals surface area contributed by atoms with Crippen molar-refractivity contribution in [2.45, 2.75) is 51.7 Å². The van der Waals surface area contributed by atoms with Crippen molar-refractivity contribution < 1.29 is 4.74 Å². The maximum absolute atomic E-state index is 6.46. The van der Waals surface area contributed by atoms with Gasteiger partial charge in [0.15, 0.2) is 0 Å². The largest absolute Gasteiger partial charge is 0.376 e. The quantitative estimate of drug-likeness (QED) is 0.625. The predicted octanol–water partition coefficient (Wildman–Crippen LogP) is 5.70. The van der Waals surface area contributed by atoms with Crippen molar-refractivity contribution in [1.29, 1.82) is 0 Å². The monoisotopic (exact) mass is 377 g/mol. The van der Waals surface area contributed by atoms with Gasteiger partial charge in [-0.15, -0.1) is 11.3 Å². The summed E-state index contributed by atoms with van der Waals surface area (Å²) in [6.45, 7) is 7.25. The van der Waals surface area contributed by atoms with Crippen LogP contribution in [-0.4, -0.2) is 18.8 Å². The van der Waals surface area contributed by atoms with Crippen LogP contribution >= 0.6 is 22.9 Å². The summed E-state index contributed by atoms with van der Waals surface area (Å²) in [5.41, 5.74) is 1.45. The average Bonchev–Trinajstić information content (AvgIpc) is 3.06. The zero-order valence-corrected chi connectivity index (χ0v) is 16.8. The molecule has 1 atom stereocenters. The standard InChI is InChI=1S/C21H28ClNOS/c1-20(2)16-21(10-12-24-20,14-17-6-3-4-8-19(17)22)9-11-23-15-18-7-5-13-25-18/h3-8,13,23H,9-12,14-16H2,1-2H3. The molecule has 1 unspecified atom stereocenters. The molecule has 1 aromatic heterocycles. The highest BCUT2D eigenvalue weighted by Gasteiger charge is 2.40. The minimum absolute atomic E-state index is 0.0622. The summed E-state index contributed by atoms with van der Waals surface area (Å²) in [6.07, 6.45) is 4.35. The van der Waals surface area contributed by atoms with Gasteiger partial charge in [0.25, 0.3) is 0 Å². The van der Waals surface area contributed by atoms with Crippen LogP contribution in [0.1, 0.15) is 43.6 Å². The van der Waals surface area contributed by atoms with Gasteiger partial charge in [-0.25, -0.2) is 0 Å². The van der Waals surface area contributed by atoms with E-state index in [0.717, 1.165) is 50.4 Å². The number of ether oxygens (including phenoxy) is 1. The van der Waals surface area contributed by atoms with Crippen molar-refractivity contribution in [2.75, 3.05) is 13.2 Å². The minimum Gasteiger partial charge on any atom is -0.376 e. The molecule has 0 bridgehead atoms. The van der Waals surface area contributed by atoms with Gasteiger partial charge in [-0.3, -0.25) is 0 Å². The van der Waals surface area contributed by atoms with Crippen LogP contribution in [0.15, 0.2) is 41.8 Å². The highest BCUT2D eigenvalue weighted by molar-refractivity contribution is 7.09. The summed E-state index contributed by atoms with van der Waals surface area (Å²) >= 11 is 8.27. The topological polar surface area (TPSA) is 21.3 Å². The molecule has 0 amide bonds. The van der Waals surface area contributed by atoms with Crippen molar-refractivity contribution in [1.82, 2.24) is 5.32 Å². The van der Waals surface area contributed by atoms with Crippen LogP contribution < -0.4 is 5.32 Å². The zero-order chi connectivity index (χ0) is 17.8. The Labute approximate surface area is 160 Å². The van der Waals surface area contributed by atoms with Gasteiger partial charge in [0.05, 0.1) is 5.60 Å². The molecular formula is C21H28ClNOS. The van der Waals surface area contributed by atoms with E-state index < -0.39 is 0 Å². The van der Waals surface area contributed by atoms with Crippen LogP contribution in [-0.2, 0) is 17.7 Å². The minimum atomic E-state index is -0.0622. The fourth-order valence-electron chi connectivity index (χ4n) is 4.06. The lowest BCUT2D eigenvalue weighted by Gasteiger charge is -2.45. The molecule has 0 radical (unpaired) electrons. The summed E-state index contributed by atoms with van der Waals surface area (Å²) in [6, 6.07) is 12.6. The molecular weight excluding hydrogens is 350 g/mol. The molecule has 1 N–H and O–H groups in total. The van der Waals surface area contributed by atoms with Crippen LogP contribution in [0.4, 0.5) is 0 Å². The maximum atomic E-state index is 6.46. The first-order valence-corrected chi connectivity index (χ1v) is 10.3. The van der Waals surface area contributed by atoms with E-state index in [2.05, 4.69) is 48.8 Å². The predicted molar refractivity (Wildman–Crippen MR) is 107 cm³/mol. The van der Waals surface area contributed by atoms with Crippen LogP contribution in [0.3, 0.4) is 0 Å². The molecule has 2 nitrogen and oxygen atoms in total. The van der Waals surface area contributed by atoms with Crippen molar-refractivity contribution >= 4 is 22.9 Å². The summed E-state index contributed by atoms with van der Waals surface area (Å²) < 4.78 is 6.00. The van der Waals surface area contributed by atoms with E-state index in [1.54, 1.807) is 0 Å². The number of benzene rings is 1. The molecule has 2 heterocycles. The second kappa shape index (κ2) is 8.22. The Hall–Kier alpha value is -0.870. The molecule has 1 aliphatic rings. The van der Waals surface area contributed by atoms with E-state index in [9.17, 15) is 0 Å². The van der Waals surface area contributed by atoms with Crippen molar-refractivity contribution in [3.05, 3.63) is 57.2 Å². The van der Waals surface area contributed by atoms with Crippen LogP contribution in [0.25, 0.3) is 0 Å². The molecule has 0 aliphatic carbocycles. The van der Waals surface area contributed by atoms with E-state index >= 15 is 0 Å². The van der Waals surface area contributed by atoms with Gasteiger partial charge in [-0.2, -0.15) is 0 Å². The number of hydrogen-bond donors (Lipinski definition) is 1. The Morgan fingerprint density at radius 3 is 2.76 bits per heavy atom. The Morgan fingerprint density at radius 2 is 2.04 bits per heavy atom. The highest BCUT2D eigenvalue weighted by Crippen LogP contribution is 2.44. The lowest BCUT2D eigenvalue weighted by atomic mass is 9.68. The Morgan fingerprint density at radius 1 is 1.20 bits per heavy atom. The first-order valence-electron chi connectivity index (χ1n) is 9.09. The van der Waals surface area contributed by atoms with E-state index in [-0.39, 0.29) is 11.0 Å². The molecule has 3 rings (SSSR count). The number of nitrogens with one attached hydrogen (secondary N) is 1. The highest BCUT2D eigenvalue weighted by atomic mass is 35.5. The third kappa shape index (κ3) is 5.30. The first-order chi connectivity index (χ1) is 12.0. The van der Waals surface area contributed by atoms with Crippen molar-refractivity contribution in [3.8, 4) is 0 Å². The van der Waals surface area contributed by atoms with Crippen LogP contribution in [0, 0.1) is 5.41 Å². The second-order valence-corrected chi connectivity index (χ2v) is 9.25. The fraction of sp³-hybridized carbons (Fsp3) is 0.524. The molecule has 0 saturated carbocycles. The number of hydrogen-bond acceptors (Lipinski definition) is 3.